The summed E-state index contributed by atoms with van der Waals surface area (Å²) in [6.07, 6.45) is 0.961. The Morgan fingerprint density at radius 2 is 2.31 bits per heavy atom. The van der Waals surface area contributed by atoms with Crippen molar-refractivity contribution in [3.05, 3.63) is 11.1 Å². The largest absolute Gasteiger partial charge is 0.379 e. The van der Waals surface area contributed by atoms with E-state index < -0.39 is 0 Å². The van der Waals surface area contributed by atoms with Crippen LogP contribution >= 0.6 is 11.3 Å². The third-order valence-corrected chi connectivity index (χ3v) is 3.27. The Hall–Kier alpha value is -0.650. The van der Waals surface area contributed by atoms with Gasteiger partial charge in [-0.25, -0.2) is 4.98 Å². The van der Waals surface area contributed by atoms with Gasteiger partial charge in [-0.3, -0.25) is 0 Å². The molecule has 92 valence electrons. The van der Waals surface area contributed by atoms with Crippen LogP contribution in [0.5, 0.6) is 0 Å². The summed E-state index contributed by atoms with van der Waals surface area (Å²) in [5, 5.41) is 6.02. The first kappa shape index (κ1) is 13.4. The molecule has 16 heavy (non-hydrogen) atoms. The highest BCUT2D eigenvalue weighted by atomic mass is 32.1. The van der Waals surface area contributed by atoms with Crippen molar-refractivity contribution in [2.24, 2.45) is 0 Å². The monoisotopic (exact) mass is 243 g/mol. The molecule has 0 aromatic carbocycles. The fraction of sp³-hybridized carbons (Fsp3) is 0.727. The molecule has 1 heterocycles. The summed E-state index contributed by atoms with van der Waals surface area (Å²) in [7, 11) is 1.74. The van der Waals surface area contributed by atoms with Crippen LogP contribution in [0.4, 0.5) is 5.13 Å². The van der Waals surface area contributed by atoms with Crippen LogP contribution in [0, 0.1) is 0 Å². The quantitative estimate of drug-likeness (QED) is 0.802. The summed E-state index contributed by atoms with van der Waals surface area (Å²) in [4.78, 5) is 4.20. The molecule has 1 aromatic heterocycles. The number of hydrogen-bond acceptors (Lipinski definition) is 5. The van der Waals surface area contributed by atoms with E-state index in [1.54, 1.807) is 7.11 Å². The van der Waals surface area contributed by atoms with Crippen molar-refractivity contribution < 1.29 is 4.74 Å². The summed E-state index contributed by atoms with van der Waals surface area (Å²) in [5.74, 6) is 0. The van der Waals surface area contributed by atoms with Gasteiger partial charge in [0.25, 0.3) is 0 Å². The smallest absolute Gasteiger partial charge is 0.180 e. The van der Waals surface area contributed by atoms with Gasteiger partial charge in [-0.2, -0.15) is 0 Å². The van der Waals surface area contributed by atoms with Crippen molar-refractivity contribution in [3.63, 3.8) is 0 Å². The van der Waals surface area contributed by atoms with Crippen LogP contribution < -0.4 is 11.1 Å². The molecule has 0 aliphatic carbocycles. The van der Waals surface area contributed by atoms with Crippen molar-refractivity contribution in [3.8, 4) is 0 Å². The van der Waals surface area contributed by atoms with Crippen molar-refractivity contribution in [1.82, 2.24) is 10.3 Å². The zero-order valence-corrected chi connectivity index (χ0v) is 11.2. The van der Waals surface area contributed by atoms with E-state index in [-0.39, 0.29) is 5.60 Å². The SMILES string of the molecule is COC(C)(C)C[C@H](C)NCc1csc(N)n1. The van der Waals surface area contributed by atoms with E-state index in [0.717, 1.165) is 18.7 Å². The predicted molar refractivity (Wildman–Crippen MR) is 68.5 cm³/mol. The first-order valence-electron chi connectivity index (χ1n) is 5.41. The Morgan fingerprint density at radius 3 is 2.81 bits per heavy atom. The molecular formula is C11H21N3OS. The minimum absolute atomic E-state index is 0.0898. The molecule has 4 nitrogen and oxygen atoms in total. The highest BCUT2D eigenvalue weighted by molar-refractivity contribution is 7.13. The number of hydrogen-bond donors (Lipinski definition) is 2. The molecule has 0 unspecified atom stereocenters. The summed E-state index contributed by atoms with van der Waals surface area (Å²) >= 11 is 1.48. The number of thiazole rings is 1. The van der Waals surface area contributed by atoms with E-state index in [2.05, 4.69) is 31.1 Å². The minimum atomic E-state index is -0.0898. The summed E-state index contributed by atoms with van der Waals surface area (Å²) < 4.78 is 5.39. The maximum absolute atomic E-state index is 5.57. The molecule has 3 N–H and O–H groups in total. The van der Waals surface area contributed by atoms with Gasteiger partial charge >= 0.3 is 0 Å². The maximum atomic E-state index is 5.57. The first-order valence-corrected chi connectivity index (χ1v) is 6.29. The lowest BCUT2D eigenvalue weighted by molar-refractivity contribution is 0.00842. The standard InChI is InChI=1S/C11H21N3OS/c1-8(5-11(2,3)15-4)13-6-9-7-16-10(12)14-9/h7-8,13H,5-6H2,1-4H3,(H2,12,14)/t8-/m0/s1. The molecule has 1 aromatic rings. The van der Waals surface area contributed by atoms with Crippen LogP contribution in [-0.4, -0.2) is 23.7 Å². The van der Waals surface area contributed by atoms with Crippen molar-refractivity contribution in [2.45, 2.75) is 45.4 Å². The Kier molecular flexibility index (Phi) is 4.70. The molecule has 1 atom stereocenters. The van der Waals surface area contributed by atoms with Gasteiger partial charge in [-0.15, -0.1) is 11.3 Å². The van der Waals surface area contributed by atoms with Gasteiger partial charge in [0.05, 0.1) is 11.3 Å². The van der Waals surface area contributed by atoms with Crippen molar-refractivity contribution in [1.29, 1.82) is 0 Å². The van der Waals surface area contributed by atoms with Gasteiger partial charge in [-0.05, 0) is 27.2 Å². The topological polar surface area (TPSA) is 60.2 Å². The second-order valence-electron chi connectivity index (χ2n) is 4.63. The second-order valence-corrected chi connectivity index (χ2v) is 5.52. The zero-order valence-electron chi connectivity index (χ0n) is 10.4. The molecule has 0 amide bonds. The van der Waals surface area contributed by atoms with Gasteiger partial charge < -0.3 is 15.8 Å². The molecule has 0 saturated heterocycles. The van der Waals surface area contributed by atoms with E-state index in [9.17, 15) is 0 Å². The van der Waals surface area contributed by atoms with Gasteiger partial charge in [0, 0.05) is 25.1 Å². The number of rotatable bonds is 6. The summed E-state index contributed by atoms with van der Waals surface area (Å²) in [6, 6.07) is 0.387. The van der Waals surface area contributed by atoms with E-state index in [0.29, 0.717) is 11.2 Å². The lowest BCUT2D eigenvalue weighted by atomic mass is 10.00. The van der Waals surface area contributed by atoms with Crippen LogP contribution in [0.2, 0.25) is 0 Å². The van der Waals surface area contributed by atoms with Gasteiger partial charge in [0.1, 0.15) is 0 Å². The number of methoxy groups -OCH3 is 1. The molecular weight excluding hydrogens is 222 g/mol. The van der Waals surface area contributed by atoms with Crippen LogP contribution in [0.3, 0.4) is 0 Å². The lowest BCUT2D eigenvalue weighted by Gasteiger charge is -2.27. The van der Waals surface area contributed by atoms with Crippen LogP contribution in [0.25, 0.3) is 0 Å². The highest BCUT2D eigenvalue weighted by Gasteiger charge is 2.19. The van der Waals surface area contributed by atoms with Gasteiger partial charge in [-0.1, -0.05) is 0 Å². The molecule has 0 saturated carbocycles. The van der Waals surface area contributed by atoms with E-state index in [1.165, 1.54) is 11.3 Å². The van der Waals surface area contributed by atoms with Crippen molar-refractivity contribution in [2.75, 3.05) is 12.8 Å². The van der Waals surface area contributed by atoms with E-state index >= 15 is 0 Å². The number of ether oxygens (including phenoxy) is 1. The summed E-state index contributed by atoms with van der Waals surface area (Å²) in [6.45, 7) is 7.09. The van der Waals surface area contributed by atoms with Crippen molar-refractivity contribution >= 4 is 16.5 Å². The minimum Gasteiger partial charge on any atom is -0.379 e. The lowest BCUT2D eigenvalue weighted by Crippen LogP contribution is -2.35. The van der Waals surface area contributed by atoms with Crippen LogP contribution in [0.1, 0.15) is 32.9 Å². The third-order valence-electron chi connectivity index (χ3n) is 2.55. The molecule has 0 bridgehead atoms. The normalized spacial score (nSPS) is 14.0. The third kappa shape index (κ3) is 4.47. The Balaban J connectivity index is 2.33. The van der Waals surface area contributed by atoms with Crippen LogP contribution in [-0.2, 0) is 11.3 Å². The molecule has 0 aliphatic rings. The van der Waals surface area contributed by atoms with Gasteiger partial charge in [0.2, 0.25) is 0 Å². The number of aromatic nitrogens is 1. The number of nitrogen functional groups attached to an aromatic ring is 1. The maximum Gasteiger partial charge on any atom is 0.180 e. The summed E-state index contributed by atoms with van der Waals surface area (Å²) in [5.41, 5.74) is 6.48. The number of nitrogens with two attached hydrogens (primary N) is 1. The average molecular weight is 243 g/mol. The Morgan fingerprint density at radius 1 is 1.62 bits per heavy atom. The Labute approximate surface area is 101 Å². The van der Waals surface area contributed by atoms with E-state index in [4.69, 9.17) is 10.5 Å². The number of nitrogens with one attached hydrogen (secondary N) is 1. The molecule has 0 spiro atoms. The number of nitrogens with zero attached hydrogens (tertiary/aromatic N) is 1. The zero-order chi connectivity index (χ0) is 12.2. The molecule has 1 rings (SSSR count). The highest BCUT2D eigenvalue weighted by Crippen LogP contribution is 2.16. The second kappa shape index (κ2) is 5.61. The predicted octanol–water partition coefficient (Wildman–Crippen LogP) is 2.02. The van der Waals surface area contributed by atoms with E-state index in [1.807, 2.05) is 5.38 Å². The number of anilines is 1. The first-order chi connectivity index (χ1) is 7.43. The fourth-order valence-corrected chi connectivity index (χ4v) is 2.14. The van der Waals surface area contributed by atoms with Crippen LogP contribution in [0.15, 0.2) is 5.38 Å². The molecule has 0 fully saturated rings. The molecule has 0 radical (unpaired) electrons. The average Bonchev–Trinajstić information content (AvgIpc) is 2.61. The molecule has 5 heteroatoms. The molecule has 0 aliphatic heterocycles. The Bertz CT molecular complexity index is 325. The van der Waals surface area contributed by atoms with Gasteiger partial charge in [0.15, 0.2) is 5.13 Å². The fourth-order valence-electron chi connectivity index (χ4n) is 1.58.